The fourth-order valence-corrected chi connectivity index (χ4v) is 2.68. The highest BCUT2D eigenvalue weighted by molar-refractivity contribution is 6.07. The third-order valence-electron chi connectivity index (χ3n) is 3.91. The van der Waals surface area contributed by atoms with Crippen molar-refractivity contribution in [2.24, 2.45) is 0 Å². The minimum atomic E-state index is -0.897. The van der Waals surface area contributed by atoms with Crippen LogP contribution >= 0.6 is 0 Å². The van der Waals surface area contributed by atoms with Gasteiger partial charge in [-0.05, 0) is 30.5 Å². The van der Waals surface area contributed by atoms with Crippen LogP contribution in [0, 0.1) is 5.82 Å². The zero-order valence-electron chi connectivity index (χ0n) is 11.5. The topological polar surface area (TPSA) is 61.4 Å². The molecule has 1 fully saturated rings. The maximum Gasteiger partial charge on any atom is 0.252 e. The van der Waals surface area contributed by atoms with Crippen molar-refractivity contribution >= 4 is 16.7 Å². The number of fused-ring (bicyclic) bond motifs is 1. The van der Waals surface area contributed by atoms with Crippen LogP contribution in [-0.4, -0.2) is 36.2 Å². The van der Waals surface area contributed by atoms with Gasteiger partial charge in [-0.2, -0.15) is 0 Å². The molecule has 0 radical (unpaired) electrons. The van der Waals surface area contributed by atoms with Crippen molar-refractivity contribution in [3.63, 3.8) is 0 Å². The second-order valence-corrected chi connectivity index (χ2v) is 5.47. The lowest BCUT2D eigenvalue weighted by molar-refractivity contribution is 0.0562. The zero-order valence-corrected chi connectivity index (χ0v) is 11.5. The standard InChI is InChI=1S/C16H17FN2O2/c17-14-6-5-13(11-3-1-2-4-12(11)14)15(20)19-10-16(21)7-8-18-9-16/h1-6,18,21H,7-10H2,(H,19,20). The molecule has 1 heterocycles. The number of amides is 1. The molecule has 2 aromatic carbocycles. The van der Waals surface area contributed by atoms with Gasteiger partial charge < -0.3 is 15.7 Å². The van der Waals surface area contributed by atoms with Crippen molar-refractivity contribution in [2.45, 2.75) is 12.0 Å². The predicted molar refractivity (Wildman–Crippen MR) is 78.7 cm³/mol. The average molecular weight is 288 g/mol. The molecule has 2 aromatic rings. The molecule has 1 aliphatic rings. The van der Waals surface area contributed by atoms with Crippen LogP contribution in [-0.2, 0) is 0 Å². The van der Waals surface area contributed by atoms with E-state index in [-0.39, 0.29) is 18.3 Å². The third-order valence-corrected chi connectivity index (χ3v) is 3.91. The lowest BCUT2D eigenvalue weighted by Gasteiger charge is -2.21. The van der Waals surface area contributed by atoms with E-state index in [4.69, 9.17) is 0 Å². The maximum absolute atomic E-state index is 13.7. The first-order valence-electron chi connectivity index (χ1n) is 6.98. The van der Waals surface area contributed by atoms with Crippen LogP contribution in [0.3, 0.4) is 0 Å². The van der Waals surface area contributed by atoms with Crippen molar-refractivity contribution in [1.29, 1.82) is 0 Å². The van der Waals surface area contributed by atoms with E-state index in [1.807, 2.05) is 0 Å². The van der Waals surface area contributed by atoms with Gasteiger partial charge in [0.2, 0.25) is 0 Å². The minimum Gasteiger partial charge on any atom is -0.387 e. The summed E-state index contributed by atoms with van der Waals surface area (Å²) in [4.78, 5) is 12.3. The Morgan fingerprint density at radius 1 is 1.29 bits per heavy atom. The molecule has 0 spiro atoms. The Hall–Kier alpha value is -1.98. The van der Waals surface area contributed by atoms with Gasteiger partial charge in [0.15, 0.2) is 0 Å². The maximum atomic E-state index is 13.7. The molecule has 1 amide bonds. The van der Waals surface area contributed by atoms with Gasteiger partial charge in [-0.3, -0.25) is 4.79 Å². The summed E-state index contributed by atoms with van der Waals surface area (Å²) in [5.41, 5.74) is -0.479. The number of β-amino-alcohol motifs (C(OH)–C–C–N with tert-alkyl or cyclic N) is 1. The molecule has 1 atom stereocenters. The van der Waals surface area contributed by atoms with Crippen LogP contribution in [0.5, 0.6) is 0 Å². The van der Waals surface area contributed by atoms with Crippen LogP contribution < -0.4 is 10.6 Å². The monoisotopic (exact) mass is 288 g/mol. The van der Waals surface area contributed by atoms with E-state index in [0.717, 1.165) is 6.54 Å². The van der Waals surface area contributed by atoms with Crippen LogP contribution in [0.1, 0.15) is 16.8 Å². The Morgan fingerprint density at radius 3 is 2.76 bits per heavy atom. The van der Waals surface area contributed by atoms with Crippen molar-refractivity contribution in [2.75, 3.05) is 19.6 Å². The number of carbonyl (C=O) groups excluding carboxylic acids is 1. The Labute approximate surface area is 122 Å². The van der Waals surface area contributed by atoms with Crippen LogP contribution in [0.4, 0.5) is 4.39 Å². The third kappa shape index (κ3) is 2.75. The summed E-state index contributed by atoms with van der Waals surface area (Å²) in [6.07, 6.45) is 0.609. The number of nitrogens with one attached hydrogen (secondary N) is 2. The van der Waals surface area contributed by atoms with E-state index in [0.29, 0.717) is 29.3 Å². The van der Waals surface area contributed by atoms with E-state index in [2.05, 4.69) is 10.6 Å². The number of hydrogen-bond donors (Lipinski definition) is 3. The van der Waals surface area contributed by atoms with Crippen molar-refractivity contribution in [1.82, 2.24) is 10.6 Å². The van der Waals surface area contributed by atoms with E-state index in [1.54, 1.807) is 24.3 Å². The van der Waals surface area contributed by atoms with E-state index >= 15 is 0 Å². The second kappa shape index (κ2) is 5.42. The molecular weight excluding hydrogens is 271 g/mol. The molecule has 0 aromatic heterocycles. The summed E-state index contributed by atoms with van der Waals surface area (Å²) in [7, 11) is 0. The quantitative estimate of drug-likeness (QED) is 0.801. The van der Waals surface area contributed by atoms with Gasteiger partial charge in [0.25, 0.3) is 5.91 Å². The molecule has 4 nitrogen and oxygen atoms in total. The normalized spacial score (nSPS) is 21.6. The fraction of sp³-hybridized carbons (Fsp3) is 0.312. The van der Waals surface area contributed by atoms with Gasteiger partial charge >= 0.3 is 0 Å². The summed E-state index contributed by atoms with van der Waals surface area (Å²) in [6.45, 7) is 1.40. The smallest absolute Gasteiger partial charge is 0.252 e. The van der Waals surface area contributed by atoms with E-state index in [1.165, 1.54) is 12.1 Å². The van der Waals surface area contributed by atoms with Crippen LogP contribution in [0.25, 0.3) is 10.8 Å². The first-order valence-corrected chi connectivity index (χ1v) is 6.98. The second-order valence-electron chi connectivity index (χ2n) is 5.47. The highest BCUT2D eigenvalue weighted by Gasteiger charge is 2.31. The Kier molecular flexibility index (Phi) is 3.61. The largest absolute Gasteiger partial charge is 0.387 e. The Morgan fingerprint density at radius 2 is 2.05 bits per heavy atom. The Balaban J connectivity index is 1.83. The molecule has 0 bridgehead atoms. The van der Waals surface area contributed by atoms with E-state index < -0.39 is 5.60 Å². The molecule has 1 saturated heterocycles. The van der Waals surface area contributed by atoms with Gasteiger partial charge in [0, 0.05) is 24.0 Å². The molecule has 0 aliphatic carbocycles. The van der Waals surface area contributed by atoms with Gasteiger partial charge in [-0.1, -0.05) is 24.3 Å². The van der Waals surface area contributed by atoms with Gasteiger partial charge in [0.05, 0.1) is 5.60 Å². The van der Waals surface area contributed by atoms with Crippen LogP contribution in [0.15, 0.2) is 36.4 Å². The van der Waals surface area contributed by atoms with Crippen molar-refractivity contribution < 1.29 is 14.3 Å². The average Bonchev–Trinajstić information content (AvgIpc) is 2.93. The first-order chi connectivity index (χ1) is 10.1. The molecule has 3 rings (SSSR count). The summed E-state index contributed by atoms with van der Waals surface area (Å²) >= 11 is 0. The molecule has 0 saturated carbocycles. The predicted octanol–water partition coefficient (Wildman–Crippen LogP) is 1.43. The molecule has 1 unspecified atom stereocenters. The summed E-state index contributed by atoms with van der Waals surface area (Å²) in [6, 6.07) is 9.65. The van der Waals surface area contributed by atoms with Gasteiger partial charge in [-0.15, -0.1) is 0 Å². The molecule has 3 N–H and O–H groups in total. The summed E-state index contributed by atoms with van der Waals surface area (Å²) in [5.74, 6) is -0.646. The van der Waals surface area contributed by atoms with Crippen LogP contribution in [0.2, 0.25) is 0 Å². The highest BCUT2D eigenvalue weighted by Crippen LogP contribution is 2.22. The number of carbonyl (C=O) groups is 1. The highest BCUT2D eigenvalue weighted by atomic mass is 19.1. The summed E-state index contributed by atoms with van der Waals surface area (Å²) in [5, 5.41) is 17.0. The zero-order chi connectivity index (χ0) is 14.9. The number of benzene rings is 2. The lowest BCUT2D eigenvalue weighted by Crippen LogP contribution is -2.44. The molecule has 21 heavy (non-hydrogen) atoms. The van der Waals surface area contributed by atoms with Crippen molar-refractivity contribution in [3.05, 3.63) is 47.8 Å². The molecule has 110 valence electrons. The van der Waals surface area contributed by atoms with Gasteiger partial charge in [-0.25, -0.2) is 4.39 Å². The first kappa shape index (κ1) is 14.0. The number of rotatable bonds is 3. The molecule has 5 heteroatoms. The SMILES string of the molecule is O=C(NCC1(O)CCNC1)c1ccc(F)c2ccccc12. The minimum absolute atomic E-state index is 0.185. The molecular formula is C16H17FN2O2. The number of hydrogen-bond acceptors (Lipinski definition) is 3. The lowest BCUT2D eigenvalue weighted by atomic mass is 10.0. The number of halogens is 1. The van der Waals surface area contributed by atoms with E-state index in [9.17, 15) is 14.3 Å². The van der Waals surface area contributed by atoms with Crippen molar-refractivity contribution in [3.8, 4) is 0 Å². The molecule has 1 aliphatic heterocycles. The fourth-order valence-electron chi connectivity index (χ4n) is 2.68. The van der Waals surface area contributed by atoms with Gasteiger partial charge in [0.1, 0.15) is 5.82 Å². The number of aliphatic hydroxyl groups is 1. The summed E-state index contributed by atoms with van der Waals surface area (Å²) < 4.78 is 13.7. The Bertz CT molecular complexity index is 681.